The van der Waals surface area contributed by atoms with E-state index < -0.39 is 5.54 Å². The van der Waals surface area contributed by atoms with Crippen LogP contribution in [0.4, 0.5) is 0 Å². The Hall–Kier alpha value is -0.570. The van der Waals surface area contributed by atoms with Gasteiger partial charge in [-0.15, -0.1) is 0 Å². The maximum atomic E-state index is 11.1. The van der Waals surface area contributed by atoms with E-state index in [1.54, 1.807) is 0 Å². The van der Waals surface area contributed by atoms with Crippen molar-refractivity contribution in [1.29, 1.82) is 0 Å². The van der Waals surface area contributed by atoms with Gasteiger partial charge >= 0.3 is 0 Å². The summed E-state index contributed by atoms with van der Waals surface area (Å²) in [5.74, 6) is -0.283. The molecule has 0 heterocycles. The highest BCUT2D eigenvalue weighted by Gasteiger charge is 2.26. The Bertz CT molecular complexity index is 172. The van der Waals surface area contributed by atoms with Crippen LogP contribution in [-0.4, -0.2) is 17.5 Å². The van der Waals surface area contributed by atoms with Gasteiger partial charge in [0.1, 0.15) is 0 Å². The van der Waals surface area contributed by atoms with Gasteiger partial charge in [0.05, 0.1) is 5.54 Å². The molecule has 0 unspecified atom stereocenters. The fourth-order valence-corrected chi connectivity index (χ4v) is 1.57. The quantitative estimate of drug-likeness (QED) is 0.658. The van der Waals surface area contributed by atoms with Crippen LogP contribution in [0.3, 0.4) is 0 Å². The number of carbonyl (C=O) groups excluding carboxylic acids is 1. The molecule has 3 nitrogen and oxygen atoms in total. The Morgan fingerprint density at radius 2 is 1.71 bits per heavy atom. The van der Waals surface area contributed by atoms with Gasteiger partial charge in [-0.05, 0) is 26.7 Å². The molecule has 0 radical (unpaired) electrons. The minimum atomic E-state index is -0.588. The summed E-state index contributed by atoms with van der Waals surface area (Å²) in [6, 6.07) is 0.410. The molecule has 0 spiro atoms. The van der Waals surface area contributed by atoms with Crippen molar-refractivity contribution in [2.24, 2.45) is 5.73 Å². The van der Waals surface area contributed by atoms with E-state index in [1.807, 2.05) is 13.8 Å². The van der Waals surface area contributed by atoms with E-state index in [-0.39, 0.29) is 5.91 Å². The molecule has 3 N–H and O–H groups in total. The van der Waals surface area contributed by atoms with Crippen LogP contribution in [0.1, 0.15) is 53.4 Å². The molecule has 14 heavy (non-hydrogen) atoms. The predicted octanol–water partition coefficient (Wildman–Crippen LogP) is 1.81. The van der Waals surface area contributed by atoms with Crippen LogP contribution < -0.4 is 11.1 Å². The van der Waals surface area contributed by atoms with Gasteiger partial charge in [0.15, 0.2) is 0 Å². The SMILES string of the molecule is CCCC(CCC)NC(C)(C)C(N)=O. The highest BCUT2D eigenvalue weighted by Crippen LogP contribution is 2.10. The maximum Gasteiger partial charge on any atom is 0.237 e. The summed E-state index contributed by atoms with van der Waals surface area (Å²) in [6.07, 6.45) is 4.47. The van der Waals surface area contributed by atoms with E-state index in [1.165, 1.54) is 0 Å². The van der Waals surface area contributed by atoms with Crippen molar-refractivity contribution in [2.75, 3.05) is 0 Å². The lowest BCUT2D eigenvalue weighted by molar-refractivity contribution is -0.123. The summed E-state index contributed by atoms with van der Waals surface area (Å²) in [5, 5.41) is 3.32. The normalized spacial score (nSPS) is 12.1. The first kappa shape index (κ1) is 13.4. The topological polar surface area (TPSA) is 55.1 Å². The van der Waals surface area contributed by atoms with Crippen molar-refractivity contribution in [1.82, 2.24) is 5.32 Å². The Kier molecular flexibility index (Phi) is 5.77. The number of hydrogen-bond acceptors (Lipinski definition) is 2. The summed E-state index contributed by atoms with van der Waals surface area (Å²) >= 11 is 0. The third-order valence-corrected chi connectivity index (χ3v) is 2.46. The van der Waals surface area contributed by atoms with E-state index in [0.717, 1.165) is 25.7 Å². The first-order chi connectivity index (χ1) is 6.44. The second kappa shape index (κ2) is 6.02. The summed E-state index contributed by atoms with van der Waals surface area (Å²) in [7, 11) is 0. The second-order valence-corrected chi connectivity index (χ2v) is 4.41. The molecule has 0 aromatic heterocycles. The molecule has 0 aromatic carbocycles. The Balaban J connectivity index is 4.19. The number of amides is 1. The first-order valence-corrected chi connectivity index (χ1v) is 5.51. The molecule has 0 fully saturated rings. The summed E-state index contributed by atoms with van der Waals surface area (Å²) in [6.45, 7) is 7.99. The van der Waals surface area contributed by atoms with E-state index in [4.69, 9.17) is 5.73 Å². The van der Waals surface area contributed by atoms with Gasteiger partial charge in [-0.2, -0.15) is 0 Å². The summed E-state index contributed by atoms with van der Waals surface area (Å²) in [5.41, 5.74) is 4.72. The average molecular weight is 200 g/mol. The van der Waals surface area contributed by atoms with Gasteiger partial charge in [-0.25, -0.2) is 0 Å². The summed E-state index contributed by atoms with van der Waals surface area (Å²) < 4.78 is 0. The fourth-order valence-electron chi connectivity index (χ4n) is 1.57. The molecule has 0 rings (SSSR count). The van der Waals surface area contributed by atoms with Crippen molar-refractivity contribution < 1.29 is 4.79 Å². The molecule has 3 heteroatoms. The van der Waals surface area contributed by atoms with E-state index in [2.05, 4.69) is 19.2 Å². The van der Waals surface area contributed by atoms with Gasteiger partial charge < -0.3 is 11.1 Å². The average Bonchev–Trinajstić information content (AvgIpc) is 2.04. The number of primary amides is 1. The molecule has 0 saturated heterocycles. The molecule has 0 atom stereocenters. The minimum Gasteiger partial charge on any atom is -0.368 e. The zero-order valence-electron chi connectivity index (χ0n) is 9.89. The zero-order valence-corrected chi connectivity index (χ0v) is 9.89. The smallest absolute Gasteiger partial charge is 0.237 e. The lowest BCUT2D eigenvalue weighted by Gasteiger charge is -2.29. The second-order valence-electron chi connectivity index (χ2n) is 4.41. The van der Waals surface area contributed by atoms with Crippen LogP contribution in [0.25, 0.3) is 0 Å². The van der Waals surface area contributed by atoms with Gasteiger partial charge in [0.25, 0.3) is 0 Å². The first-order valence-electron chi connectivity index (χ1n) is 5.51. The van der Waals surface area contributed by atoms with Crippen molar-refractivity contribution in [3.8, 4) is 0 Å². The van der Waals surface area contributed by atoms with Crippen LogP contribution in [0.5, 0.6) is 0 Å². The standard InChI is InChI=1S/C11H24N2O/c1-5-7-9(8-6-2)13-11(3,4)10(12)14/h9,13H,5-8H2,1-4H3,(H2,12,14). The number of carbonyl (C=O) groups is 1. The lowest BCUT2D eigenvalue weighted by atomic mass is 9.99. The fraction of sp³-hybridized carbons (Fsp3) is 0.909. The molecule has 0 aliphatic heterocycles. The minimum absolute atomic E-state index is 0.283. The Morgan fingerprint density at radius 3 is 2.00 bits per heavy atom. The highest BCUT2D eigenvalue weighted by molar-refractivity contribution is 5.83. The van der Waals surface area contributed by atoms with E-state index >= 15 is 0 Å². The third kappa shape index (κ3) is 4.61. The van der Waals surface area contributed by atoms with Gasteiger partial charge in [-0.3, -0.25) is 4.79 Å². The molecular formula is C11H24N2O. The van der Waals surface area contributed by atoms with Crippen molar-refractivity contribution in [3.63, 3.8) is 0 Å². The van der Waals surface area contributed by atoms with Crippen LogP contribution >= 0.6 is 0 Å². The molecule has 1 amide bonds. The number of hydrogen-bond donors (Lipinski definition) is 2. The number of nitrogens with two attached hydrogens (primary N) is 1. The largest absolute Gasteiger partial charge is 0.368 e. The summed E-state index contributed by atoms with van der Waals surface area (Å²) in [4.78, 5) is 11.1. The molecule has 0 aromatic rings. The van der Waals surface area contributed by atoms with E-state index in [9.17, 15) is 4.79 Å². The van der Waals surface area contributed by atoms with Gasteiger partial charge in [-0.1, -0.05) is 26.7 Å². The number of nitrogens with one attached hydrogen (secondary N) is 1. The van der Waals surface area contributed by atoms with Crippen molar-refractivity contribution >= 4 is 5.91 Å². The maximum absolute atomic E-state index is 11.1. The van der Waals surface area contributed by atoms with Crippen molar-refractivity contribution in [3.05, 3.63) is 0 Å². The van der Waals surface area contributed by atoms with Gasteiger partial charge in [0, 0.05) is 6.04 Å². The van der Waals surface area contributed by atoms with Gasteiger partial charge in [0.2, 0.25) is 5.91 Å². The molecule has 84 valence electrons. The van der Waals surface area contributed by atoms with Crippen molar-refractivity contribution in [2.45, 2.75) is 65.0 Å². The Morgan fingerprint density at radius 1 is 1.29 bits per heavy atom. The zero-order chi connectivity index (χ0) is 11.2. The highest BCUT2D eigenvalue weighted by atomic mass is 16.1. The van der Waals surface area contributed by atoms with Crippen LogP contribution in [0.15, 0.2) is 0 Å². The lowest BCUT2D eigenvalue weighted by Crippen LogP contribution is -2.54. The Labute approximate surface area is 87.4 Å². The van der Waals surface area contributed by atoms with E-state index in [0.29, 0.717) is 6.04 Å². The molecular weight excluding hydrogens is 176 g/mol. The van der Waals surface area contributed by atoms with Crippen LogP contribution in [0.2, 0.25) is 0 Å². The molecule has 0 bridgehead atoms. The molecule has 0 saturated carbocycles. The number of rotatable bonds is 7. The molecule has 0 aliphatic rings. The molecule has 0 aliphatic carbocycles. The third-order valence-electron chi connectivity index (χ3n) is 2.46. The van der Waals surface area contributed by atoms with Crippen LogP contribution in [-0.2, 0) is 4.79 Å². The van der Waals surface area contributed by atoms with Crippen LogP contribution in [0, 0.1) is 0 Å². The monoisotopic (exact) mass is 200 g/mol. The predicted molar refractivity (Wildman–Crippen MR) is 60.0 cm³/mol.